The molecule has 0 radical (unpaired) electrons. The maximum Gasteiger partial charge on any atom is 0.167 e. The van der Waals surface area contributed by atoms with Crippen molar-refractivity contribution in [1.29, 1.82) is 0 Å². The highest BCUT2D eigenvalue weighted by molar-refractivity contribution is 6.30. The summed E-state index contributed by atoms with van der Waals surface area (Å²) < 4.78 is 5.15. The highest BCUT2D eigenvalue weighted by Crippen LogP contribution is 2.38. The smallest absolute Gasteiger partial charge is 0.167 e. The van der Waals surface area contributed by atoms with E-state index in [1.165, 1.54) is 0 Å². The molecule has 96 valence electrons. The van der Waals surface area contributed by atoms with Gasteiger partial charge in [0.1, 0.15) is 0 Å². The molecule has 3 heteroatoms. The SMILES string of the molecule is COCC1(C)CC/C(=C\c2ccc(Cl)cc2)C1=O. The van der Waals surface area contributed by atoms with Crippen LogP contribution in [-0.4, -0.2) is 19.5 Å². The number of allylic oxidation sites excluding steroid dienone is 1. The molecule has 0 heterocycles. The molecule has 0 amide bonds. The molecule has 2 rings (SSSR count). The summed E-state index contributed by atoms with van der Waals surface area (Å²) in [5, 5.41) is 0.708. The van der Waals surface area contributed by atoms with Gasteiger partial charge in [-0.1, -0.05) is 30.7 Å². The summed E-state index contributed by atoms with van der Waals surface area (Å²) in [6.45, 7) is 2.46. The predicted octanol–water partition coefficient (Wildman–Crippen LogP) is 3.74. The van der Waals surface area contributed by atoms with Crippen molar-refractivity contribution in [3.8, 4) is 0 Å². The molecule has 1 aliphatic rings. The van der Waals surface area contributed by atoms with Crippen molar-refractivity contribution in [3.05, 3.63) is 40.4 Å². The number of ketones is 1. The number of carbonyl (C=O) groups excluding carboxylic acids is 1. The summed E-state index contributed by atoms with van der Waals surface area (Å²) in [5.74, 6) is 0.208. The summed E-state index contributed by atoms with van der Waals surface area (Å²) >= 11 is 5.84. The van der Waals surface area contributed by atoms with E-state index in [2.05, 4.69) is 0 Å². The lowest BCUT2D eigenvalue weighted by molar-refractivity contribution is -0.124. The fraction of sp³-hybridized carbons (Fsp3) is 0.400. The minimum Gasteiger partial charge on any atom is -0.384 e. The van der Waals surface area contributed by atoms with Crippen molar-refractivity contribution in [2.75, 3.05) is 13.7 Å². The molecular formula is C15H17ClO2. The van der Waals surface area contributed by atoms with E-state index in [0.717, 1.165) is 24.0 Å². The number of benzene rings is 1. The van der Waals surface area contributed by atoms with Crippen LogP contribution in [0.25, 0.3) is 6.08 Å². The van der Waals surface area contributed by atoms with Gasteiger partial charge in [0.15, 0.2) is 5.78 Å². The van der Waals surface area contributed by atoms with Crippen LogP contribution in [0, 0.1) is 5.41 Å². The van der Waals surface area contributed by atoms with E-state index in [1.807, 2.05) is 37.3 Å². The molecule has 18 heavy (non-hydrogen) atoms. The highest BCUT2D eigenvalue weighted by Gasteiger charge is 2.40. The van der Waals surface area contributed by atoms with Gasteiger partial charge in [0.25, 0.3) is 0 Å². The van der Waals surface area contributed by atoms with Crippen molar-refractivity contribution in [2.24, 2.45) is 5.41 Å². The zero-order valence-corrected chi connectivity index (χ0v) is 11.5. The van der Waals surface area contributed by atoms with Crippen LogP contribution in [0.1, 0.15) is 25.3 Å². The van der Waals surface area contributed by atoms with Crippen molar-refractivity contribution in [1.82, 2.24) is 0 Å². The van der Waals surface area contributed by atoms with Crippen LogP contribution in [0.15, 0.2) is 29.8 Å². The van der Waals surface area contributed by atoms with Crippen molar-refractivity contribution in [3.63, 3.8) is 0 Å². The second-order valence-corrected chi connectivity index (χ2v) is 5.48. The van der Waals surface area contributed by atoms with Crippen molar-refractivity contribution in [2.45, 2.75) is 19.8 Å². The van der Waals surface area contributed by atoms with Crippen molar-refractivity contribution < 1.29 is 9.53 Å². The maximum atomic E-state index is 12.3. The molecule has 1 unspecified atom stereocenters. The molecule has 1 aliphatic carbocycles. The quantitative estimate of drug-likeness (QED) is 0.778. The minimum atomic E-state index is -0.354. The van der Waals surface area contributed by atoms with E-state index in [9.17, 15) is 4.79 Å². The van der Waals surface area contributed by atoms with E-state index in [1.54, 1.807) is 7.11 Å². The first kappa shape index (κ1) is 13.3. The van der Waals surface area contributed by atoms with Gasteiger partial charge < -0.3 is 4.74 Å². The second kappa shape index (κ2) is 5.25. The standard InChI is InChI=1S/C15H17ClO2/c1-15(10-18-2)8-7-12(14(15)17)9-11-3-5-13(16)6-4-11/h3-6,9H,7-8,10H2,1-2H3/b12-9+. The number of ether oxygens (including phenoxy) is 1. The Hall–Kier alpha value is -1.12. The lowest BCUT2D eigenvalue weighted by Gasteiger charge is -2.19. The number of hydrogen-bond acceptors (Lipinski definition) is 2. The Kier molecular flexibility index (Phi) is 3.88. The third-order valence-electron chi connectivity index (χ3n) is 3.46. The summed E-state index contributed by atoms with van der Waals surface area (Å²) in [6.07, 6.45) is 3.64. The topological polar surface area (TPSA) is 26.3 Å². The lowest BCUT2D eigenvalue weighted by atomic mass is 9.88. The number of Topliss-reactive ketones (excluding diaryl/α,β-unsaturated/α-hetero) is 1. The molecular weight excluding hydrogens is 248 g/mol. The molecule has 1 aromatic carbocycles. The summed E-state index contributed by atoms with van der Waals surface area (Å²) in [5.41, 5.74) is 1.55. The van der Waals surface area contributed by atoms with Crippen molar-refractivity contribution >= 4 is 23.5 Å². The predicted molar refractivity (Wildman–Crippen MR) is 73.7 cm³/mol. The summed E-state index contributed by atoms with van der Waals surface area (Å²) in [4.78, 5) is 12.3. The fourth-order valence-corrected chi connectivity index (χ4v) is 2.51. The molecule has 0 aliphatic heterocycles. The minimum absolute atomic E-state index is 0.208. The molecule has 0 N–H and O–H groups in total. The van der Waals surface area contributed by atoms with Gasteiger partial charge in [-0.05, 0) is 42.2 Å². The zero-order chi connectivity index (χ0) is 13.2. The van der Waals surface area contributed by atoms with Gasteiger partial charge in [0.05, 0.1) is 12.0 Å². The summed E-state index contributed by atoms with van der Waals surface area (Å²) in [6, 6.07) is 7.52. The average Bonchev–Trinajstić information content (AvgIpc) is 2.61. The number of hydrogen-bond donors (Lipinski definition) is 0. The zero-order valence-electron chi connectivity index (χ0n) is 10.7. The highest BCUT2D eigenvalue weighted by atomic mass is 35.5. The van der Waals surface area contributed by atoms with Crippen LogP contribution in [0.4, 0.5) is 0 Å². The van der Waals surface area contributed by atoms with E-state index >= 15 is 0 Å². The molecule has 1 saturated carbocycles. The van der Waals surface area contributed by atoms with Gasteiger partial charge in [-0.25, -0.2) is 0 Å². The molecule has 0 spiro atoms. The lowest BCUT2D eigenvalue weighted by Crippen LogP contribution is -2.27. The maximum absolute atomic E-state index is 12.3. The van der Waals surface area contributed by atoms with E-state index in [0.29, 0.717) is 11.6 Å². The molecule has 1 aromatic rings. The molecule has 1 atom stereocenters. The number of halogens is 1. The van der Waals surface area contributed by atoms with E-state index in [4.69, 9.17) is 16.3 Å². The summed E-state index contributed by atoms with van der Waals surface area (Å²) in [7, 11) is 1.64. The van der Waals surface area contributed by atoms with Crippen LogP contribution in [-0.2, 0) is 9.53 Å². The number of carbonyl (C=O) groups is 1. The van der Waals surface area contributed by atoms with Crippen LogP contribution in [0.2, 0.25) is 5.02 Å². The monoisotopic (exact) mass is 264 g/mol. The number of methoxy groups -OCH3 is 1. The Labute approximate surface area is 113 Å². The first-order chi connectivity index (χ1) is 8.55. The second-order valence-electron chi connectivity index (χ2n) is 5.04. The van der Waals surface area contributed by atoms with E-state index in [-0.39, 0.29) is 11.2 Å². The van der Waals surface area contributed by atoms with Gasteiger partial charge in [0, 0.05) is 12.1 Å². The molecule has 2 nitrogen and oxygen atoms in total. The van der Waals surface area contributed by atoms with Crippen LogP contribution in [0.5, 0.6) is 0 Å². The largest absolute Gasteiger partial charge is 0.384 e. The molecule has 0 bridgehead atoms. The average molecular weight is 265 g/mol. The Morgan fingerprint density at radius 2 is 2.06 bits per heavy atom. The van der Waals surface area contributed by atoms with Crippen LogP contribution in [0.3, 0.4) is 0 Å². The number of rotatable bonds is 3. The Balaban J connectivity index is 2.21. The fourth-order valence-electron chi connectivity index (χ4n) is 2.38. The third kappa shape index (κ3) is 2.65. The van der Waals surface area contributed by atoms with Crippen LogP contribution >= 0.6 is 11.6 Å². The van der Waals surface area contributed by atoms with Crippen LogP contribution < -0.4 is 0 Å². The first-order valence-electron chi connectivity index (χ1n) is 6.05. The third-order valence-corrected chi connectivity index (χ3v) is 3.71. The van der Waals surface area contributed by atoms with Gasteiger partial charge in [-0.15, -0.1) is 0 Å². The first-order valence-corrected chi connectivity index (χ1v) is 6.43. The Bertz CT molecular complexity index is 476. The Morgan fingerprint density at radius 3 is 2.67 bits per heavy atom. The molecule has 1 fully saturated rings. The Morgan fingerprint density at radius 1 is 1.39 bits per heavy atom. The van der Waals surface area contributed by atoms with E-state index < -0.39 is 0 Å². The normalized spacial score (nSPS) is 25.9. The van der Waals surface area contributed by atoms with Gasteiger partial charge in [0.2, 0.25) is 0 Å². The molecule has 0 aromatic heterocycles. The molecule has 0 saturated heterocycles. The van der Waals surface area contributed by atoms with Gasteiger partial charge >= 0.3 is 0 Å². The van der Waals surface area contributed by atoms with Gasteiger partial charge in [-0.3, -0.25) is 4.79 Å². The van der Waals surface area contributed by atoms with Gasteiger partial charge in [-0.2, -0.15) is 0 Å².